The highest BCUT2D eigenvalue weighted by Crippen LogP contribution is 2.28. The third-order valence-electron chi connectivity index (χ3n) is 4.06. The molecule has 0 fully saturated rings. The Kier molecular flexibility index (Phi) is 6.78. The standard InChI is InChI=1S/C21H19ClN2O2S2/c1-13-17(22)5-3-6-18(13)24-20(25)14(2)28-16-10-8-15(9-11-16)23-21(26)19-7-4-12-27-19/h3-12,14H,1-2H3,(H,23,26)(H,24,25). The lowest BCUT2D eigenvalue weighted by molar-refractivity contribution is -0.115. The van der Waals surface area contributed by atoms with Crippen molar-refractivity contribution in [3.8, 4) is 0 Å². The fourth-order valence-electron chi connectivity index (χ4n) is 2.45. The number of anilines is 2. The van der Waals surface area contributed by atoms with E-state index >= 15 is 0 Å². The molecule has 1 heterocycles. The minimum absolute atomic E-state index is 0.0922. The average molecular weight is 431 g/mol. The van der Waals surface area contributed by atoms with Gasteiger partial charge in [0.15, 0.2) is 0 Å². The second-order valence-corrected chi connectivity index (χ2v) is 8.89. The Bertz CT molecular complexity index is 973. The van der Waals surface area contributed by atoms with Crippen LogP contribution in [0.25, 0.3) is 0 Å². The van der Waals surface area contributed by atoms with Crippen molar-refractivity contribution in [3.63, 3.8) is 0 Å². The van der Waals surface area contributed by atoms with E-state index in [1.54, 1.807) is 12.1 Å². The summed E-state index contributed by atoms with van der Waals surface area (Å²) in [4.78, 5) is 26.2. The van der Waals surface area contributed by atoms with Gasteiger partial charge in [0.05, 0.1) is 10.1 Å². The highest BCUT2D eigenvalue weighted by molar-refractivity contribution is 8.00. The summed E-state index contributed by atoms with van der Waals surface area (Å²) in [5.74, 6) is -0.217. The lowest BCUT2D eigenvalue weighted by Gasteiger charge is -2.14. The van der Waals surface area contributed by atoms with Gasteiger partial charge in [0.25, 0.3) is 5.91 Å². The first kappa shape index (κ1) is 20.5. The topological polar surface area (TPSA) is 58.2 Å². The van der Waals surface area contributed by atoms with Gasteiger partial charge in [-0.25, -0.2) is 0 Å². The van der Waals surface area contributed by atoms with Crippen LogP contribution in [0.4, 0.5) is 11.4 Å². The van der Waals surface area contributed by atoms with E-state index in [0.29, 0.717) is 9.90 Å². The second-order valence-electron chi connectivity index (χ2n) is 6.12. The maximum atomic E-state index is 12.5. The van der Waals surface area contributed by atoms with Gasteiger partial charge < -0.3 is 10.6 Å². The molecule has 1 unspecified atom stereocenters. The molecule has 2 N–H and O–H groups in total. The van der Waals surface area contributed by atoms with Gasteiger partial charge in [0.1, 0.15) is 0 Å². The summed E-state index contributed by atoms with van der Waals surface area (Å²) < 4.78 is 0. The molecule has 1 aromatic heterocycles. The molecule has 0 aliphatic heterocycles. The minimum Gasteiger partial charge on any atom is -0.325 e. The van der Waals surface area contributed by atoms with Crippen molar-refractivity contribution in [1.82, 2.24) is 0 Å². The molecule has 0 spiro atoms. The third-order valence-corrected chi connectivity index (χ3v) is 6.45. The number of benzene rings is 2. The summed E-state index contributed by atoms with van der Waals surface area (Å²) in [6.07, 6.45) is 0. The van der Waals surface area contributed by atoms with E-state index in [1.807, 2.05) is 61.7 Å². The Hall–Kier alpha value is -2.28. The molecule has 0 saturated carbocycles. The van der Waals surface area contributed by atoms with E-state index in [-0.39, 0.29) is 17.1 Å². The quantitative estimate of drug-likeness (QED) is 0.466. The molecule has 2 amide bonds. The largest absolute Gasteiger partial charge is 0.325 e. The van der Waals surface area contributed by atoms with Crippen molar-refractivity contribution >= 4 is 57.9 Å². The van der Waals surface area contributed by atoms with Crippen LogP contribution in [-0.2, 0) is 4.79 Å². The lowest BCUT2D eigenvalue weighted by Crippen LogP contribution is -2.22. The molecule has 0 saturated heterocycles. The van der Waals surface area contributed by atoms with E-state index in [1.165, 1.54) is 23.1 Å². The van der Waals surface area contributed by atoms with Gasteiger partial charge >= 0.3 is 0 Å². The fraction of sp³-hybridized carbons (Fsp3) is 0.143. The van der Waals surface area contributed by atoms with Crippen LogP contribution in [0.2, 0.25) is 5.02 Å². The summed E-state index contributed by atoms with van der Waals surface area (Å²) in [5, 5.41) is 7.99. The Balaban J connectivity index is 1.58. The SMILES string of the molecule is Cc1c(Cl)cccc1NC(=O)C(C)Sc1ccc(NC(=O)c2cccs2)cc1. The van der Waals surface area contributed by atoms with E-state index in [2.05, 4.69) is 10.6 Å². The lowest BCUT2D eigenvalue weighted by atomic mass is 10.2. The molecule has 0 aliphatic rings. The van der Waals surface area contributed by atoms with Gasteiger partial charge in [-0.05, 0) is 67.3 Å². The molecule has 28 heavy (non-hydrogen) atoms. The van der Waals surface area contributed by atoms with Crippen molar-refractivity contribution in [3.05, 3.63) is 75.4 Å². The zero-order valence-electron chi connectivity index (χ0n) is 15.4. The molecule has 0 radical (unpaired) electrons. The van der Waals surface area contributed by atoms with Crippen LogP contribution in [0, 0.1) is 6.92 Å². The van der Waals surface area contributed by atoms with Crippen molar-refractivity contribution in [2.75, 3.05) is 10.6 Å². The highest BCUT2D eigenvalue weighted by atomic mass is 35.5. The van der Waals surface area contributed by atoms with Gasteiger partial charge in [0, 0.05) is 21.3 Å². The monoisotopic (exact) mass is 430 g/mol. The summed E-state index contributed by atoms with van der Waals surface area (Å²) >= 11 is 8.95. The van der Waals surface area contributed by atoms with E-state index < -0.39 is 0 Å². The number of nitrogens with one attached hydrogen (secondary N) is 2. The number of hydrogen-bond acceptors (Lipinski definition) is 4. The maximum Gasteiger partial charge on any atom is 0.265 e. The Labute approximate surface area is 177 Å². The summed E-state index contributed by atoms with van der Waals surface area (Å²) in [5.41, 5.74) is 2.28. The Morgan fingerprint density at radius 2 is 1.79 bits per heavy atom. The van der Waals surface area contributed by atoms with Gasteiger partial charge in [-0.15, -0.1) is 23.1 Å². The van der Waals surface area contributed by atoms with Crippen LogP contribution in [0.1, 0.15) is 22.2 Å². The number of hydrogen-bond donors (Lipinski definition) is 2. The fourth-order valence-corrected chi connectivity index (χ4v) is 4.11. The molecule has 0 aliphatic carbocycles. The Morgan fingerprint density at radius 1 is 1.04 bits per heavy atom. The molecule has 1 atom stereocenters. The molecular weight excluding hydrogens is 412 g/mol. The minimum atomic E-state index is -0.287. The first-order valence-electron chi connectivity index (χ1n) is 8.61. The zero-order valence-corrected chi connectivity index (χ0v) is 17.8. The number of thiophene rings is 1. The second kappa shape index (κ2) is 9.28. The Morgan fingerprint density at radius 3 is 2.46 bits per heavy atom. The first-order valence-corrected chi connectivity index (χ1v) is 10.8. The molecule has 4 nitrogen and oxygen atoms in total. The summed E-state index contributed by atoms with van der Waals surface area (Å²) in [6.45, 7) is 3.73. The highest BCUT2D eigenvalue weighted by Gasteiger charge is 2.16. The average Bonchev–Trinajstić information content (AvgIpc) is 3.22. The van der Waals surface area contributed by atoms with Gasteiger partial charge in [-0.1, -0.05) is 23.7 Å². The van der Waals surface area contributed by atoms with Crippen LogP contribution in [0.5, 0.6) is 0 Å². The predicted octanol–water partition coefficient (Wildman–Crippen LogP) is 6.08. The smallest absolute Gasteiger partial charge is 0.265 e. The van der Waals surface area contributed by atoms with E-state index in [0.717, 1.165) is 21.8 Å². The molecule has 144 valence electrons. The first-order chi connectivity index (χ1) is 13.4. The maximum absolute atomic E-state index is 12.5. The molecule has 0 bridgehead atoms. The predicted molar refractivity (Wildman–Crippen MR) is 119 cm³/mol. The van der Waals surface area contributed by atoms with Crippen LogP contribution < -0.4 is 10.6 Å². The number of halogens is 1. The van der Waals surface area contributed by atoms with Gasteiger partial charge in [-0.2, -0.15) is 0 Å². The van der Waals surface area contributed by atoms with Crippen molar-refractivity contribution in [2.45, 2.75) is 24.0 Å². The number of carbonyl (C=O) groups is 2. The number of amides is 2. The van der Waals surface area contributed by atoms with Crippen molar-refractivity contribution in [1.29, 1.82) is 0 Å². The third kappa shape index (κ3) is 5.16. The normalized spacial score (nSPS) is 11.7. The van der Waals surface area contributed by atoms with Crippen LogP contribution in [0.3, 0.4) is 0 Å². The van der Waals surface area contributed by atoms with Crippen LogP contribution >= 0.6 is 34.7 Å². The number of rotatable bonds is 6. The van der Waals surface area contributed by atoms with Gasteiger partial charge in [-0.3, -0.25) is 9.59 Å². The zero-order chi connectivity index (χ0) is 20.1. The van der Waals surface area contributed by atoms with Crippen molar-refractivity contribution in [2.24, 2.45) is 0 Å². The van der Waals surface area contributed by atoms with Crippen LogP contribution in [-0.4, -0.2) is 17.1 Å². The molecule has 3 rings (SSSR count). The van der Waals surface area contributed by atoms with Crippen LogP contribution in [0.15, 0.2) is 64.9 Å². The summed E-state index contributed by atoms with van der Waals surface area (Å²) in [6, 6.07) is 16.5. The van der Waals surface area contributed by atoms with E-state index in [9.17, 15) is 9.59 Å². The van der Waals surface area contributed by atoms with Gasteiger partial charge in [0.2, 0.25) is 5.91 Å². The van der Waals surface area contributed by atoms with Crippen molar-refractivity contribution < 1.29 is 9.59 Å². The van der Waals surface area contributed by atoms with E-state index in [4.69, 9.17) is 11.6 Å². The number of carbonyl (C=O) groups excluding carboxylic acids is 2. The molecule has 2 aromatic carbocycles. The molecular formula is C21H19ClN2O2S2. The summed E-state index contributed by atoms with van der Waals surface area (Å²) in [7, 11) is 0. The molecule has 7 heteroatoms. The molecule has 3 aromatic rings. The number of thioether (sulfide) groups is 1.